The molecule has 0 bridgehead atoms. The molecule has 0 radical (unpaired) electrons. The van der Waals surface area contributed by atoms with Crippen LogP contribution < -0.4 is 21.1 Å². The van der Waals surface area contributed by atoms with Crippen LogP contribution in [0.5, 0.6) is 5.75 Å². The molecule has 0 aliphatic carbocycles. The molecule has 0 aliphatic heterocycles. The maximum atomic E-state index is 12.0. The average Bonchev–Trinajstić information content (AvgIpc) is 2.62. The van der Waals surface area contributed by atoms with Crippen molar-refractivity contribution in [2.24, 2.45) is 10.7 Å². The third kappa shape index (κ3) is 7.20. The fourth-order valence-corrected chi connectivity index (χ4v) is 2.37. The predicted molar refractivity (Wildman–Crippen MR) is 120 cm³/mol. The first-order chi connectivity index (χ1) is 12.1. The second-order valence-electron chi connectivity index (χ2n) is 5.21. The Morgan fingerprint density at radius 2 is 1.88 bits per heavy atom. The molecule has 0 spiro atoms. The average molecular weight is 533 g/mol. The molecular formula is C18H22BrIN4O2. The number of anilines is 1. The molecule has 2 aromatic rings. The van der Waals surface area contributed by atoms with Gasteiger partial charge < -0.3 is 21.1 Å². The van der Waals surface area contributed by atoms with Crippen LogP contribution in [0.2, 0.25) is 0 Å². The van der Waals surface area contributed by atoms with Crippen LogP contribution in [0.15, 0.2) is 58.0 Å². The Morgan fingerprint density at radius 3 is 2.58 bits per heavy atom. The molecule has 140 valence electrons. The van der Waals surface area contributed by atoms with Gasteiger partial charge in [-0.2, -0.15) is 0 Å². The summed E-state index contributed by atoms with van der Waals surface area (Å²) in [7, 11) is 1.60. The minimum Gasteiger partial charge on any atom is -0.495 e. The maximum Gasteiger partial charge on any atom is 0.251 e. The second-order valence-corrected chi connectivity index (χ2v) is 6.12. The summed E-state index contributed by atoms with van der Waals surface area (Å²) in [6, 6.07) is 14.7. The van der Waals surface area contributed by atoms with Crippen molar-refractivity contribution in [3.8, 4) is 5.75 Å². The van der Waals surface area contributed by atoms with Crippen molar-refractivity contribution in [3.63, 3.8) is 0 Å². The Labute approximate surface area is 178 Å². The molecule has 0 atom stereocenters. The molecule has 6 nitrogen and oxygen atoms in total. The third-order valence-corrected chi connectivity index (χ3v) is 3.91. The van der Waals surface area contributed by atoms with Gasteiger partial charge in [0.15, 0.2) is 5.96 Å². The molecule has 0 aliphatic rings. The standard InChI is InChI=1S/C18H21BrN4O2.HI/c1-25-16-6-3-2-5-15(16)23-18(20)22-12-4-11-21-17(24)13-7-9-14(19)10-8-13;/h2-3,5-10H,4,11-12H2,1H3,(H,21,24)(H3,20,22,23);1H. The predicted octanol–water partition coefficient (Wildman–Crippen LogP) is 3.62. The number of nitrogens with zero attached hydrogens (tertiary/aromatic N) is 1. The van der Waals surface area contributed by atoms with Crippen LogP contribution in [0.3, 0.4) is 0 Å². The highest BCUT2D eigenvalue weighted by Crippen LogP contribution is 2.22. The zero-order chi connectivity index (χ0) is 18.1. The van der Waals surface area contributed by atoms with Crippen molar-refractivity contribution in [3.05, 3.63) is 58.6 Å². The third-order valence-electron chi connectivity index (χ3n) is 3.38. The molecule has 2 rings (SSSR count). The van der Waals surface area contributed by atoms with Gasteiger partial charge in [-0.15, -0.1) is 24.0 Å². The number of carbonyl (C=O) groups is 1. The number of hydrogen-bond acceptors (Lipinski definition) is 3. The highest BCUT2D eigenvalue weighted by Gasteiger charge is 2.04. The Balaban J connectivity index is 0.00000338. The zero-order valence-corrected chi connectivity index (χ0v) is 18.3. The van der Waals surface area contributed by atoms with Gasteiger partial charge in [0, 0.05) is 23.1 Å². The lowest BCUT2D eigenvalue weighted by molar-refractivity contribution is 0.0953. The molecule has 26 heavy (non-hydrogen) atoms. The van der Waals surface area contributed by atoms with Crippen LogP contribution in [0, 0.1) is 0 Å². The number of rotatable bonds is 7. The molecule has 8 heteroatoms. The summed E-state index contributed by atoms with van der Waals surface area (Å²) < 4.78 is 6.18. The summed E-state index contributed by atoms with van der Waals surface area (Å²) in [4.78, 5) is 16.2. The summed E-state index contributed by atoms with van der Waals surface area (Å²) in [5.74, 6) is 0.905. The van der Waals surface area contributed by atoms with Crippen molar-refractivity contribution in [2.75, 3.05) is 25.5 Å². The van der Waals surface area contributed by atoms with Gasteiger partial charge in [-0.1, -0.05) is 28.1 Å². The number of guanidine groups is 1. The maximum absolute atomic E-state index is 12.0. The van der Waals surface area contributed by atoms with E-state index in [2.05, 4.69) is 31.6 Å². The van der Waals surface area contributed by atoms with Crippen LogP contribution in [-0.4, -0.2) is 32.1 Å². The molecule has 1 amide bonds. The van der Waals surface area contributed by atoms with Crippen LogP contribution in [0.4, 0.5) is 5.69 Å². The van der Waals surface area contributed by atoms with Crippen molar-refractivity contribution < 1.29 is 9.53 Å². The van der Waals surface area contributed by atoms with Crippen molar-refractivity contribution in [1.29, 1.82) is 0 Å². The summed E-state index contributed by atoms with van der Waals surface area (Å²) in [5, 5.41) is 5.86. The summed E-state index contributed by atoms with van der Waals surface area (Å²) in [6.45, 7) is 1.04. The lowest BCUT2D eigenvalue weighted by atomic mass is 10.2. The molecule has 0 heterocycles. The van der Waals surface area contributed by atoms with Crippen LogP contribution >= 0.6 is 39.9 Å². The largest absolute Gasteiger partial charge is 0.495 e. The lowest BCUT2D eigenvalue weighted by Gasteiger charge is -2.10. The van der Waals surface area contributed by atoms with Gasteiger partial charge >= 0.3 is 0 Å². The van der Waals surface area contributed by atoms with E-state index in [0.717, 1.165) is 10.2 Å². The van der Waals surface area contributed by atoms with E-state index in [4.69, 9.17) is 10.5 Å². The Kier molecular flexibility index (Phi) is 10.0. The molecule has 0 unspecified atom stereocenters. The molecule has 2 aromatic carbocycles. The van der Waals surface area contributed by atoms with Crippen LogP contribution in [0.1, 0.15) is 16.8 Å². The summed E-state index contributed by atoms with van der Waals surface area (Å²) >= 11 is 3.34. The Hall–Kier alpha value is -1.81. The first-order valence-electron chi connectivity index (χ1n) is 7.84. The van der Waals surface area contributed by atoms with E-state index in [1.807, 2.05) is 36.4 Å². The van der Waals surface area contributed by atoms with E-state index in [1.54, 1.807) is 19.2 Å². The number of carbonyl (C=O) groups excluding carboxylic acids is 1. The zero-order valence-electron chi connectivity index (χ0n) is 14.4. The van der Waals surface area contributed by atoms with Crippen molar-refractivity contribution in [2.45, 2.75) is 6.42 Å². The van der Waals surface area contributed by atoms with E-state index in [0.29, 0.717) is 36.8 Å². The van der Waals surface area contributed by atoms with Crippen LogP contribution in [-0.2, 0) is 0 Å². The lowest BCUT2D eigenvalue weighted by Crippen LogP contribution is -2.26. The number of amides is 1. The molecule has 0 aromatic heterocycles. The number of benzene rings is 2. The molecule has 0 saturated heterocycles. The minimum atomic E-state index is -0.100. The Bertz CT molecular complexity index is 738. The fourth-order valence-electron chi connectivity index (χ4n) is 2.11. The number of halogens is 2. The van der Waals surface area contributed by atoms with Gasteiger partial charge in [-0.3, -0.25) is 9.79 Å². The van der Waals surface area contributed by atoms with Gasteiger partial charge in [0.05, 0.1) is 12.8 Å². The summed E-state index contributed by atoms with van der Waals surface area (Å²) in [5.41, 5.74) is 7.26. The van der Waals surface area contributed by atoms with Crippen LogP contribution in [0.25, 0.3) is 0 Å². The Morgan fingerprint density at radius 1 is 1.19 bits per heavy atom. The smallest absolute Gasteiger partial charge is 0.251 e. The van der Waals surface area contributed by atoms with Gasteiger partial charge in [0.25, 0.3) is 5.91 Å². The number of nitrogens with one attached hydrogen (secondary N) is 2. The van der Waals surface area contributed by atoms with E-state index in [9.17, 15) is 4.79 Å². The van der Waals surface area contributed by atoms with Crippen molar-refractivity contribution >= 4 is 57.5 Å². The summed E-state index contributed by atoms with van der Waals surface area (Å²) in [6.07, 6.45) is 0.691. The highest BCUT2D eigenvalue weighted by atomic mass is 127. The van der Waals surface area contributed by atoms with Gasteiger partial charge in [0.2, 0.25) is 0 Å². The SMILES string of the molecule is COc1ccccc1NC(N)=NCCCNC(=O)c1ccc(Br)cc1.I. The number of ether oxygens (including phenoxy) is 1. The monoisotopic (exact) mass is 532 g/mol. The van der Waals surface area contributed by atoms with E-state index in [-0.39, 0.29) is 29.9 Å². The first kappa shape index (κ1) is 22.2. The molecule has 0 saturated carbocycles. The van der Waals surface area contributed by atoms with Crippen molar-refractivity contribution in [1.82, 2.24) is 5.32 Å². The number of aliphatic imine (C=N–C) groups is 1. The highest BCUT2D eigenvalue weighted by molar-refractivity contribution is 14.0. The van der Waals surface area contributed by atoms with Gasteiger partial charge in [-0.25, -0.2) is 0 Å². The fraction of sp³-hybridized carbons (Fsp3) is 0.222. The number of nitrogens with two attached hydrogens (primary N) is 1. The van der Waals surface area contributed by atoms with Gasteiger partial charge in [0.1, 0.15) is 5.75 Å². The van der Waals surface area contributed by atoms with Gasteiger partial charge in [-0.05, 0) is 42.8 Å². The van der Waals surface area contributed by atoms with E-state index >= 15 is 0 Å². The topological polar surface area (TPSA) is 88.7 Å². The molecule has 4 N–H and O–H groups in total. The molecular weight excluding hydrogens is 511 g/mol. The first-order valence-corrected chi connectivity index (χ1v) is 8.63. The number of hydrogen-bond donors (Lipinski definition) is 3. The minimum absolute atomic E-state index is 0. The number of methoxy groups -OCH3 is 1. The number of para-hydroxylation sites is 2. The quantitative estimate of drug-likeness (QED) is 0.220. The molecule has 0 fully saturated rings. The second kappa shape index (κ2) is 11.7. The normalized spacial score (nSPS) is 10.6. The van der Waals surface area contributed by atoms with E-state index in [1.165, 1.54) is 0 Å². The van der Waals surface area contributed by atoms with E-state index < -0.39 is 0 Å².